The second-order valence-electron chi connectivity index (χ2n) is 7.62. The van der Waals surface area contributed by atoms with E-state index in [2.05, 4.69) is 18.7 Å². The Labute approximate surface area is 124 Å². The molecule has 6 atom stereocenters. The lowest BCUT2D eigenvalue weighted by molar-refractivity contribution is -0.110. The Kier molecular flexibility index (Phi) is 4.49. The van der Waals surface area contributed by atoms with Crippen molar-refractivity contribution in [1.29, 1.82) is 0 Å². The second kappa shape index (κ2) is 6.17. The fourth-order valence-electron chi connectivity index (χ4n) is 5.53. The van der Waals surface area contributed by atoms with E-state index in [4.69, 9.17) is 0 Å². The van der Waals surface area contributed by atoms with Crippen molar-refractivity contribution in [2.75, 3.05) is 6.54 Å². The van der Waals surface area contributed by atoms with E-state index < -0.39 is 0 Å². The normalized spacial score (nSPS) is 44.3. The van der Waals surface area contributed by atoms with Gasteiger partial charge in [0.2, 0.25) is 0 Å². The molecule has 2 aliphatic carbocycles. The number of likely N-dealkylation sites (tertiary alicyclic amines) is 1. The third-order valence-corrected chi connectivity index (χ3v) is 6.64. The molecule has 114 valence electrons. The molecule has 0 aromatic carbocycles. The van der Waals surface area contributed by atoms with Crippen LogP contribution in [0.5, 0.6) is 0 Å². The van der Waals surface area contributed by atoms with Crippen LogP contribution in [0.15, 0.2) is 0 Å². The molecule has 0 bridgehead atoms. The third-order valence-electron chi connectivity index (χ3n) is 6.64. The largest absolute Gasteiger partial charge is 0.303 e. The molecule has 20 heavy (non-hydrogen) atoms. The molecule has 0 radical (unpaired) electrons. The first kappa shape index (κ1) is 14.6. The highest BCUT2D eigenvalue weighted by molar-refractivity contribution is 5.50. The minimum atomic E-state index is 0.542. The topological polar surface area (TPSA) is 20.3 Å². The third kappa shape index (κ3) is 2.56. The fourth-order valence-corrected chi connectivity index (χ4v) is 5.53. The number of carbonyl (C=O) groups is 1. The predicted octanol–water partition coefficient (Wildman–Crippen LogP) is 3.89. The molecule has 2 saturated carbocycles. The molecule has 3 unspecified atom stereocenters. The van der Waals surface area contributed by atoms with Gasteiger partial charge in [-0.15, -0.1) is 0 Å². The van der Waals surface area contributed by atoms with E-state index >= 15 is 0 Å². The zero-order valence-corrected chi connectivity index (χ0v) is 13.3. The number of rotatable bonds is 6. The van der Waals surface area contributed by atoms with E-state index in [1.807, 2.05) is 0 Å². The van der Waals surface area contributed by atoms with Crippen molar-refractivity contribution in [2.24, 2.45) is 23.7 Å². The highest BCUT2D eigenvalue weighted by Gasteiger charge is 2.51. The van der Waals surface area contributed by atoms with E-state index in [1.54, 1.807) is 0 Å². The minimum Gasteiger partial charge on any atom is -0.303 e. The summed E-state index contributed by atoms with van der Waals surface area (Å²) in [6.07, 6.45) is 11.4. The zero-order valence-electron chi connectivity index (χ0n) is 13.3. The molecule has 0 N–H and O–H groups in total. The van der Waals surface area contributed by atoms with Crippen LogP contribution in [0.2, 0.25) is 0 Å². The van der Waals surface area contributed by atoms with Crippen LogP contribution in [-0.2, 0) is 4.79 Å². The highest BCUT2D eigenvalue weighted by Crippen LogP contribution is 2.58. The first-order chi connectivity index (χ1) is 9.74. The number of hydrogen-bond donors (Lipinski definition) is 0. The summed E-state index contributed by atoms with van der Waals surface area (Å²) in [4.78, 5) is 13.6. The molecule has 1 saturated heterocycles. The molecular formula is C18H31NO. The van der Waals surface area contributed by atoms with Gasteiger partial charge in [-0.3, -0.25) is 4.90 Å². The van der Waals surface area contributed by atoms with Crippen LogP contribution < -0.4 is 0 Å². The number of carbonyl (C=O) groups excluding carboxylic acids is 1. The lowest BCUT2D eigenvalue weighted by Gasteiger charge is -2.58. The van der Waals surface area contributed by atoms with E-state index in [1.165, 1.54) is 51.5 Å². The van der Waals surface area contributed by atoms with E-state index in [0.717, 1.165) is 42.4 Å². The Morgan fingerprint density at radius 2 is 2.00 bits per heavy atom. The summed E-state index contributed by atoms with van der Waals surface area (Å²) < 4.78 is 0. The van der Waals surface area contributed by atoms with Crippen LogP contribution in [0.1, 0.15) is 65.2 Å². The van der Waals surface area contributed by atoms with Gasteiger partial charge >= 0.3 is 0 Å². The molecule has 0 amide bonds. The van der Waals surface area contributed by atoms with Crippen molar-refractivity contribution in [3.63, 3.8) is 0 Å². The zero-order chi connectivity index (χ0) is 14.1. The monoisotopic (exact) mass is 277 g/mol. The van der Waals surface area contributed by atoms with Crippen molar-refractivity contribution in [1.82, 2.24) is 4.90 Å². The Balaban J connectivity index is 1.53. The van der Waals surface area contributed by atoms with Gasteiger partial charge in [0.15, 0.2) is 0 Å². The van der Waals surface area contributed by atoms with Crippen molar-refractivity contribution in [3.8, 4) is 0 Å². The first-order valence-electron chi connectivity index (χ1n) is 8.94. The van der Waals surface area contributed by atoms with Gasteiger partial charge in [0.1, 0.15) is 6.29 Å². The van der Waals surface area contributed by atoms with Crippen molar-refractivity contribution < 1.29 is 4.79 Å². The van der Waals surface area contributed by atoms with Crippen LogP contribution in [0.4, 0.5) is 0 Å². The van der Waals surface area contributed by atoms with E-state index in [9.17, 15) is 4.79 Å². The fraction of sp³-hybridized carbons (Fsp3) is 0.944. The molecule has 3 rings (SSSR count). The molecule has 0 aromatic heterocycles. The van der Waals surface area contributed by atoms with Crippen LogP contribution in [0.25, 0.3) is 0 Å². The van der Waals surface area contributed by atoms with Gasteiger partial charge in [-0.1, -0.05) is 20.3 Å². The smallest absolute Gasteiger partial charge is 0.121 e. The van der Waals surface area contributed by atoms with Gasteiger partial charge < -0.3 is 4.79 Å². The number of piperidine rings is 1. The lowest BCUT2D eigenvalue weighted by Crippen LogP contribution is -2.53. The van der Waals surface area contributed by atoms with Crippen molar-refractivity contribution in [3.05, 3.63) is 0 Å². The number of aldehydes is 1. The summed E-state index contributed by atoms with van der Waals surface area (Å²) in [5.74, 6) is 4.14. The molecule has 0 aromatic rings. The Morgan fingerprint density at radius 3 is 2.65 bits per heavy atom. The standard InChI is InChI=1S/C18H31NO/c1-3-16-5-4-6-17(8-10-20)19(16)9-7-14-12-15-11-13(2)18(14)15/h10,13-18H,3-9,11-12H2,1-2H3/t13-,14+,15-,16?,17?,18?/m1/s1. The molecule has 2 heteroatoms. The molecule has 3 aliphatic rings. The predicted molar refractivity (Wildman–Crippen MR) is 82.6 cm³/mol. The minimum absolute atomic E-state index is 0.542. The van der Waals surface area contributed by atoms with Gasteiger partial charge in [0.05, 0.1) is 0 Å². The maximum atomic E-state index is 10.9. The number of fused-ring (bicyclic) bond motifs is 1. The molecule has 1 aliphatic heterocycles. The Morgan fingerprint density at radius 1 is 1.20 bits per heavy atom. The average molecular weight is 277 g/mol. The Hall–Kier alpha value is -0.370. The summed E-state index contributed by atoms with van der Waals surface area (Å²) in [7, 11) is 0. The summed E-state index contributed by atoms with van der Waals surface area (Å²) >= 11 is 0. The van der Waals surface area contributed by atoms with Gasteiger partial charge in [-0.2, -0.15) is 0 Å². The molecular weight excluding hydrogens is 246 g/mol. The molecule has 1 heterocycles. The second-order valence-corrected chi connectivity index (χ2v) is 7.62. The molecule has 3 fully saturated rings. The maximum absolute atomic E-state index is 10.9. The first-order valence-corrected chi connectivity index (χ1v) is 8.94. The van der Waals surface area contributed by atoms with Crippen molar-refractivity contribution in [2.45, 2.75) is 77.3 Å². The SMILES string of the molecule is CCC1CCCC(CC=O)N1CC[C@H]1C[C@H]2C[C@@H](C)C12. The molecule has 0 spiro atoms. The van der Waals surface area contributed by atoms with Crippen LogP contribution >= 0.6 is 0 Å². The maximum Gasteiger partial charge on any atom is 0.121 e. The van der Waals surface area contributed by atoms with E-state index in [0.29, 0.717) is 6.04 Å². The quantitative estimate of drug-likeness (QED) is 0.686. The average Bonchev–Trinajstić information content (AvgIpc) is 2.43. The lowest BCUT2D eigenvalue weighted by atomic mass is 9.48. The van der Waals surface area contributed by atoms with Gasteiger partial charge in [-0.25, -0.2) is 0 Å². The van der Waals surface area contributed by atoms with Crippen LogP contribution in [0, 0.1) is 23.7 Å². The van der Waals surface area contributed by atoms with Crippen LogP contribution in [0.3, 0.4) is 0 Å². The summed E-state index contributed by atoms with van der Waals surface area (Å²) in [6.45, 7) is 6.00. The van der Waals surface area contributed by atoms with Gasteiger partial charge in [-0.05, 0) is 68.7 Å². The van der Waals surface area contributed by atoms with Gasteiger partial charge in [0.25, 0.3) is 0 Å². The van der Waals surface area contributed by atoms with Crippen LogP contribution in [-0.4, -0.2) is 29.8 Å². The number of nitrogens with zero attached hydrogens (tertiary/aromatic N) is 1. The highest BCUT2D eigenvalue weighted by atomic mass is 16.1. The van der Waals surface area contributed by atoms with Crippen molar-refractivity contribution >= 4 is 6.29 Å². The summed E-state index contributed by atoms with van der Waals surface area (Å²) in [5.41, 5.74) is 0. The summed E-state index contributed by atoms with van der Waals surface area (Å²) in [5, 5.41) is 0. The van der Waals surface area contributed by atoms with Gasteiger partial charge in [0, 0.05) is 18.5 Å². The van der Waals surface area contributed by atoms with E-state index in [-0.39, 0.29) is 0 Å². The molecule has 2 nitrogen and oxygen atoms in total. The number of hydrogen-bond acceptors (Lipinski definition) is 2. The summed E-state index contributed by atoms with van der Waals surface area (Å²) in [6, 6.07) is 1.28. The Bertz CT molecular complexity index is 338.